The normalized spacial score (nSPS) is 16.6. The molecule has 1 aliphatic rings. The third-order valence-electron chi connectivity index (χ3n) is 4.20. The summed E-state index contributed by atoms with van der Waals surface area (Å²) >= 11 is 0. The number of hydrogen-bond donors (Lipinski definition) is 2. The molecular weight excluding hydrogens is 252 g/mol. The highest BCUT2D eigenvalue weighted by Gasteiger charge is 2.31. The molecule has 1 fully saturated rings. The molecule has 2 aromatic rings. The van der Waals surface area contributed by atoms with Crippen molar-refractivity contribution in [3.05, 3.63) is 36.0 Å². The summed E-state index contributed by atoms with van der Waals surface area (Å²) in [5.41, 5.74) is 2.01. The smallest absolute Gasteiger partial charge is 0.354 e. The minimum absolute atomic E-state index is 0.0879. The molecule has 2 N–H and O–H groups in total. The largest absolute Gasteiger partial charge is 0.477 e. The van der Waals surface area contributed by atoms with Crippen molar-refractivity contribution < 1.29 is 9.90 Å². The summed E-state index contributed by atoms with van der Waals surface area (Å²) in [6.07, 6.45) is 3.75. The monoisotopic (exact) mass is 270 g/mol. The maximum absolute atomic E-state index is 11.2. The first kappa shape index (κ1) is 12.9. The van der Waals surface area contributed by atoms with Crippen LogP contribution in [0.2, 0.25) is 0 Å². The van der Waals surface area contributed by atoms with Crippen LogP contribution in [-0.2, 0) is 0 Å². The van der Waals surface area contributed by atoms with E-state index in [1.807, 2.05) is 24.3 Å². The van der Waals surface area contributed by atoms with E-state index in [9.17, 15) is 4.79 Å². The maximum atomic E-state index is 11.2. The van der Waals surface area contributed by atoms with Gasteiger partial charge in [0.15, 0.2) is 5.69 Å². The second-order valence-corrected chi connectivity index (χ2v) is 5.90. The maximum Gasteiger partial charge on any atom is 0.354 e. The molecule has 0 saturated heterocycles. The van der Waals surface area contributed by atoms with Crippen molar-refractivity contribution in [1.29, 1.82) is 0 Å². The molecule has 0 amide bonds. The summed E-state index contributed by atoms with van der Waals surface area (Å²) in [5.74, 6) is -0.992. The number of carboxylic acid groups (broad SMARTS) is 1. The molecule has 104 valence electrons. The van der Waals surface area contributed by atoms with Crippen LogP contribution in [-0.4, -0.2) is 22.6 Å². The van der Waals surface area contributed by atoms with E-state index < -0.39 is 5.97 Å². The van der Waals surface area contributed by atoms with E-state index in [0.717, 1.165) is 17.6 Å². The van der Waals surface area contributed by atoms with E-state index in [1.165, 1.54) is 19.3 Å². The standard InChI is InChI=1S/C16H18N2O2/c1-16(7-4-8-16)10-17-13-9-14(15(19)20)18-12-6-3-2-5-11(12)13/h2-3,5-6,9H,4,7-8,10H2,1H3,(H,17,18)(H,19,20). The van der Waals surface area contributed by atoms with Crippen molar-refractivity contribution in [3.63, 3.8) is 0 Å². The summed E-state index contributed by atoms with van der Waals surface area (Å²) in [7, 11) is 0. The highest BCUT2D eigenvalue weighted by molar-refractivity contribution is 5.97. The quantitative estimate of drug-likeness (QED) is 0.892. The zero-order valence-corrected chi connectivity index (χ0v) is 11.5. The van der Waals surface area contributed by atoms with Gasteiger partial charge in [0.1, 0.15) is 0 Å². The van der Waals surface area contributed by atoms with Crippen LogP contribution < -0.4 is 5.32 Å². The van der Waals surface area contributed by atoms with Crippen LogP contribution in [0.3, 0.4) is 0 Å². The molecule has 0 radical (unpaired) electrons. The average Bonchev–Trinajstić information content (AvgIpc) is 2.42. The van der Waals surface area contributed by atoms with Gasteiger partial charge in [-0.1, -0.05) is 31.5 Å². The number of rotatable bonds is 4. The van der Waals surface area contributed by atoms with Gasteiger partial charge in [0.25, 0.3) is 0 Å². The summed E-state index contributed by atoms with van der Waals surface area (Å²) in [6.45, 7) is 3.14. The lowest BCUT2D eigenvalue weighted by Gasteiger charge is -2.38. The summed E-state index contributed by atoms with van der Waals surface area (Å²) in [5, 5.41) is 13.6. The van der Waals surface area contributed by atoms with Crippen molar-refractivity contribution in [2.75, 3.05) is 11.9 Å². The fourth-order valence-corrected chi connectivity index (χ4v) is 2.70. The van der Waals surface area contributed by atoms with Crippen molar-refractivity contribution in [2.24, 2.45) is 5.41 Å². The first-order chi connectivity index (χ1) is 9.57. The number of anilines is 1. The fraction of sp³-hybridized carbons (Fsp3) is 0.375. The first-order valence-electron chi connectivity index (χ1n) is 6.94. The van der Waals surface area contributed by atoms with Crippen molar-refractivity contribution in [3.8, 4) is 0 Å². The van der Waals surface area contributed by atoms with Crippen LogP contribution in [0.25, 0.3) is 10.9 Å². The lowest BCUT2D eigenvalue weighted by Crippen LogP contribution is -2.33. The molecule has 0 unspecified atom stereocenters. The number of carboxylic acids is 1. The molecule has 3 rings (SSSR count). The van der Waals surface area contributed by atoms with Gasteiger partial charge in [0.2, 0.25) is 0 Å². The summed E-state index contributed by atoms with van der Waals surface area (Å²) < 4.78 is 0. The van der Waals surface area contributed by atoms with Crippen LogP contribution >= 0.6 is 0 Å². The number of hydrogen-bond acceptors (Lipinski definition) is 3. The Morgan fingerprint density at radius 2 is 2.15 bits per heavy atom. The van der Waals surface area contributed by atoms with Gasteiger partial charge in [-0.05, 0) is 30.4 Å². The first-order valence-corrected chi connectivity index (χ1v) is 6.94. The molecule has 0 atom stereocenters. The Labute approximate surface area is 117 Å². The Bertz CT molecular complexity index is 663. The van der Waals surface area contributed by atoms with Gasteiger partial charge in [0, 0.05) is 17.6 Å². The molecule has 0 bridgehead atoms. The number of aromatic carboxylic acids is 1. The predicted octanol–water partition coefficient (Wildman–Crippen LogP) is 3.54. The van der Waals surface area contributed by atoms with E-state index in [-0.39, 0.29) is 5.69 Å². The molecule has 4 nitrogen and oxygen atoms in total. The molecule has 1 heterocycles. The van der Waals surface area contributed by atoms with Gasteiger partial charge in [-0.25, -0.2) is 9.78 Å². The number of benzene rings is 1. The Balaban J connectivity index is 1.96. The zero-order valence-electron chi connectivity index (χ0n) is 11.5. The number of para-hydroxylation sites is 1. The lowest BCUT2D eigenvalue weighted by atomic mass is 9.70. The van der Waals surface area contributed by atoms with Crippen molar-refractivity contribution in [2.45, 2.75) is 26.2 Å². The minimum Gasteiger partial charge on any atom is -0.477 e. The van der Waals surface area contributed by atoms with Crippen molar-refractivity contribution in [1.82, 2.24) is 4.98 Å². The van der Waals surface area contributed by atoms with Gasteiger partial charge in [-0.3, -0.25) is 0 Å². The van der Waals surface area contributed by atoms with E-state index in [4.69, 9.17) is 5.11 Å². The second kappa shape index (κ2) is 4.78. The van der Waals surface area contributed by atoms with E-state index in [0.29, 0.717) is 10.9 Å². The third kappa shape index (κ3) is 2.33. The number of pyridine rings is 1. The average molecular weight is 270 g/mol. The van der Waals surface area contributed by atoms with Crippen LogP contribution in [0.5, 0.6) is 0 Å². The van der Waals surface area contributed by atoms with Gasteiger partial charge in [-0.2, -0.15) is 0 Å². The van der Waals surface area contributed by atoms with Crippen molar-refractivity contribution >= 4 is 22.6 Å². The fourth-order valence-electron chi connectivity index (χ4n) is 2.70. The Kier molecular flexibility index (Phi) is 3.08. The number of carbonyl (C=O) groups is 1. The third-order valence-corrected chi connectivity index (χ3v) is 4.20. The predicted molar refractivity (Wildman–Crippen MR) is 79.2 cm³/mol. The molecular formula is C16H18N2O2. The summed E-state index contributed by atoms with van der Waals surface area (Å²) in [6, 6.07) is 9.27. The molecule has 1 aromatic heterocycles. The van der Waals surface area contributed by atoms with Crippen LogP contribution in [0.4, 0.5) is 5.69 Å². The van der Waals surface area contributed by atoms with Crippen LogP contribution in [0.1, 0.15) is 36.7 Å². The lowest BCUT2D eigenvalue weighted by molar-refractivity contribution is 0.0691. The highest BCUT2D eigenvalue weighted by Crippen LogP contribution is 2.40. The van der Waals surface area contributed by atoms with Gasteiger partial charge in [-0.15, -0.1) is 0 Å². The number of nitrogens with one attached hydrogen (secondary N) is 1. The SMILES string of the molecule is CC1(CNc2cc(C(=O)O)nc3ccccc23)CCC1. The van der Waals surface area contributed by atoms with Gasteiger partial charge < -0.3 is 10.4 Å². The molecule has 0 spiro atoms. The molecule has 4 heteroatoms. The number of fused-ring (bicyclic) bond motifs is 1. The van der Waals surface area contributed by atoms with Crippen LogP contribution in [0, 0.1) is 5.41 Å². The molecule has 20 heavy (non-hydrogen) atoms. The number of nitrogens with zero attached hydrogens (tertiary/aromatic N) is 1. The Morgan fingerprint density at radius 3 is 2.80 bits per heavy atom. The zero-order chi connectivity index (χ0) is 14.2. The molecule has 1 saturated carbocycles. The van der Waals surface area contributed by atoms with E-state index in [2.05, 4.69) is 17.2 Å². The molecule has 1 aliphatic carbocycles. The minimum atomic E-state index is -0.992. The number of aromatic nitrogens is 1. The van der Waals surface area contributed by atoms with Crippen LogP contribution in [0.15, 0.2) is 30.3 Å². The second-order valence-electron chi connectivity index (χ2n) is 5.90. The Morgan fingerprint density at radius 1 is 1.40 bits per heavy atom. The summed E-state index contributed by atoms with van der Waals surface area (Å²) in [4.78, 5) is 15.3. The van der Waals surface area contributed by atoms with E-state index >= 15 is 0 Å². The topological polar surface area (TPSA) is 62.2 Å². The van der Waals surface area contributed by atoms with E-state index in [1.54, 1.807) is 6.07 Å². The van der Waals surface area contributed by atoms with Gasteiger partial charge in [0.05, 0.1) is 5.52 Å². The van der Waals surface area contributed by atoms with Gasteiger partial charge >= 0.3 is 5.97 Å². The molecule has 0 aliphatic heterocycles. The molecule has 1 aromatic carbocycles. The Hall–Kier alpha value is -2.10. The highest BCUT2D eigenvalue weighted by atomic mass is 16.4.